The second-order valence-electron chi connectivity index (χ2n) is 15.6. The number of Topliss-reactive ketones (excluding diaryl/α,β-unsaturated/α-hetero) is 1. The Morgan fingerprint density at radius 2 is 1.58 bits per heavy atom. The van der Waals surface area contributed by atoms with Gasteiger partial charge in [-0.25, -0.2) is 0 Å². The van der Waals surface area contributed by atoms with Gasteiger partial charge in [0.15, 0.2) is 5.78 Å². The minimum Gasteiger partial charge on any atom is -0.386 e. The third-order valence-electron chi connectivity index (χ3n) is 11.4. The van der Waals surface area contributed by atoms with Gasteiger partial charge in [-0.1, -0.05) is 85.2 Å². The fourth-order valence-corrected chi connectivity index (χ4v) is 7.92. The molecule has 296 valence electrons. The van der Waals surface area contributed by atoms with E-state index in [0.29, 0.717) is 18.5 Å². The monoisotopic (exact) mass is 731 g/mol. The summed E-state index contributed by atoms with van der Waals surface area (Å²) in [5, 5.41) is 16.9. The van der Waals surface area contributed by atoms with Crippen molar-refractivity contribution >= 4 is 23.5 Å². The van der Waals surface area contributed by atoms with Crippen molar-refractivity contribution < 1.29 is 33.8 Å². The van der Waals surface area contributed by atoms with Crippen LogP contribution in [0, 0.1) is 29.6 Å². The Labute approximate surface area is 313 Å². The van der Waals surface area contributed by atoms with Crippen LogP contribution in [0.5, 0.6) is 0 Å². The summed E-state index contributed by atoms with van der Waals surface area (Å²) in [6.45, 7) is 16.2. The molecule has 1 fully saturated rings. The van der Waals surface area contributed by atoms with E-state index >= 15 is 0 Å². The normalized spacial score (nSPS) is 20.3. The molecule has 52 heavy (non-hydrogen) atoms. The van der Waals surface area contributed by atoms with Crippen molar-refractivity contribution in [2.75, 3.05) is 34.9 Å². The van der Waals surface area contributed by atoms with E-state index in [2.05, 4.69) is 24.5 Å². The Bertz CT molecular complexity index is 1260. The van der Waals surface area contributed by atoms with Gasteiger partial charge in [-0.2, -0.15) is 0 Å². The van der Waals surface area contributed by atoms with Crippen LogP contribution in [-0.2, 0) is 28.7 Å². The number of amides is 3. The summed E-state index contributed by atoms with van der Waals surface area (Å²) < 4.78 is 12.0. The Balaban J connectivity index is 2.28. The van der Waals surface area contributed by atoms with E-state index in [-0.39, 0.29) is 66.2 Å². The fraction of sp³-hybridized carbons (Fsp3) is 0.756. The first-order chi connectivity index (χ1) is 24.5. The molecule has 1 aliphatic heterocycles. The van der Waals surface area contributed by atoms with Crippen LogP contribution < -0.4 is 10.6 Å². The molecule has 1 aliphatic rings. The van der Waals surface area contributed by atoms with Crippen molar-refractivity contribution in [3.05, 3.63) is 35.9 Å². The lowest BCUT2D eigenvalue weighted by atomic mass is 9.84. The number of ketones is 1. The minimum atomic E-state index is -0.873. The van der Waals surface area contributed by atoms with Gasteiger partial charge in [-0.15, -0.1) is 0 Å². The third-order valence-corrected chi connectivity index (χ3v) is 11.4. The van der Waals surface area contributed by atoms with Crippen molar-refractivity contribution in [3.63, 3.8) is 0 Å². The zero-order valence-corrected chi connectivity index (χ0v) is 34.1. The number of methoxy groups -OCH3 is 2. The van der Waals surface area contributed by atoms with E-state index in [1.807, 2.05) is 62.9 Å². The molecule has 0 saturated carbocycles. The molecule has 0 radical (unpaired) electrons. The maximum atomic E-state index is 14.3. The number of piperidine rings is 1. The zero-order valence-electron chi connectivity index (χ0n) is 34.1. The number of hydrogen-bond acceptors (Lipinski definition) is 8. The highest BCUT2D eigenvalue weighted by atomic mass is 16.5. The quantitative estimate of drug-likeness (QED) is 0.161. The number of likely N-dealkylation sites (tertiary alicyclic amines) is 1. The number of nitrogens with zero attached hydrogens (tertiary/aromatic N) is 2. The largest absolute Gasteiger partial charge is 0.386 e. The number of nitrogens with one attached hydrogen (secondary N) is 2. The summed E-state index contributed by atoms with van der Waals surface area (Å²) in [5.41, 5.74) is 0.716. The highest BCUT2D eigenvalue weighted by Crippen LogP contribution is 2.30. The van der Waals surface area contributed by atoms with Crippen molar-refractivity contribution in [3.8, 4) is 0 Å². The molecule has 1 aromatic carbocycles. The van der Waals surface area contributed by atoms with Crippen LogP contribution >= 0.6 is 0 Å². The maximum absolute atomic E-state index is 14.3. The number of carbonyl (C=O) groups is 4. The SMILES string of the molecule is CCC(C)[C@@H]([C@@H](CC(=O)N1CCCC[C@H]1[C@H](OC)[C@@H](C)C(=O)N[C@H](C)[C@@H](O)c1ccccc1)OC)N(C)C(=O)[C@@H](CC(=O)[C@@H](NC)C(C)C)C(C)C. The summed E-state index contributed by atoms with van der Waals surface area (Å²) in [6, 6.07) is 7.61. The number of benzene rings is 1. The maximum Gasteiger partial charge on any atom is 0.226 e. The predicted molar refractivity (Wildman–Crippen MR) is 205 cm³/mol. The molecule has 0 bridgehead atoms. The second-order valence-corrected chi connectivity index (χ2v) is 15.6. The van der Waals surface area contributed by atoms with Gasteiger partial charge < -0.3 is 35.0 Å². The molecular formula is C41H70N4O7. The number of aliphatic hydroxyl groups is 1. The van der Waals surface area contributed by atoms with Gasteiger partial charge in [0.05, 0.1) is 54.8 Å². The fourth-order valence-electron chi connectivity index (χ4n) is 7.92. The van der Waals surface area contributed by atoms with E-state index in [9.17, 15) is 24.3 Å². The van der Waals surface area contributed by atoms with Gasteiger partial charge in [0.25, 0.3) is 0 Å². The lowest BCUT2D eigenvalue weighted by molar-refractivity contribution is -0.151. The topological polar surface area (TPSA) is 138 Å². The molecule has 0 aliphatic carbocycles. The van der Waals surface area contributed by atoms with Crippen molar-refractivity contribution in [2.24, 2.45) is 29.6 Å². The molecule has 1 saturated heterocycles. The Morgan fingerprint density at radius 1 is 0.942 bits per heavy atom. The number of likely N-dealkylation sites (N-methyl/N-ethyl adjacent to an activating group) is 2. The van der Waals surface area contributed by atoms with Crippen LogP contribution in [0.3, 0.4) is 0 Å². The van der Waals surface area contributed by atoms with Crippen LogP contribution in [0.2, 0.25) is 0 Å². The van der Waals surface area contributed by atoms with Crippen molar-refractivity contribution in [1.29, 1.82) is 0 Å². The molecule has 2 rings (SSSR count). The molecule has 1 heterocycles. The minimum absolute atomic E-state index is 0.0109. The van der Waals surface area contributed by atoms with E-state index in [0.717, 1.165) is 19.3 Å². The molecule has 1 unspecified atom stereocenters. The van der Waals surface area contributed by atoms with Crippen LogP contribution in [0.15, 0.2) is 30.3 Å². The van der Waals surface area contributed by atoms with Gasteiger partial charge >= 0.3 is 0 Å². The van der Waals surface area contributed by atoms with Gasteiger partial charge in [0.1, 0.15) is 0 Å². The number of ether oxygens (including phenoxy) is 2. The number of rotatable bonds is 21. The zero-order chi connectivity index (χ0) is 39.3. The van der Waals surface area contributed by atoms with Crippen LogP contribution in [0.4, 0.5) is 0 Å². The van der Waals surface area contributed by atoms with Gasteiger partial charge in [-0.05, 0) is 56.6 Å². The van der Waals surface area contributed by atoms with Crippen LogP contribution in [-0.4, -0.2) is 110 Å². The molecular weight excluding hydrogens is 660 g/mol. The van der Waals surface area contributed by atoms with Gasteiger partial charge in [-0.3, -0.25) is 19.2 Å². The molecule has 10 atom stereocenters. The predicted octanol–water partition coefficient (Wildman–Crippen LogP) is 5.01. The van der Waals surface area contributed by atoms with Crippen molar-refractivity contribution in [2.45, 2.75) is 136 Å². The molecule has 11 heteroatoms. The van der Waals surface area contributed by atoms with E-state index in [1.165, 1.54) is 0 Å². The van der Waals surface area contributed by atoms with Crippen LogP contribution in [0.1, 0.15) is 106 Å². The van der Waals surface area contributed by atoms with Gasteiger partial charge in [0.2, 0.25) is 17.7 Å². The second kappa shape index (κ2) is 21.7. The van der Waals surface area contributed by atoms with E-state index in [4.69, 9.17) is 9.47 Å². The summed E-state index contributed by atoms with van der Waals surface area (Å²) in [7, 11) is 6.70. The lowest BCUT2D eigenvalue weighted by Gasteiger charge is -2.43. The highest BCUT2D eigenvalue weighted by Gasteiger charge is 2.42. The average Bonchev–Trinajstić information content (AvgIpc) is 3.13. The number of hydrogen-bond donors (Lipinski definition) is 3. The van der Waals surface area contributed by atoms with Crippen LogP contribution in [0.25, 0.3) is 0 Å². The number of aliphatic hydroxyl groups excluding tert-OH is 1. The third kappa shape index (κ3) is 11.8. The standard InChI is InChI=1S/C41H70N4O7/c1-13-27(6)37(44(10)41(50)31(25(2)3)23-33(46)36(42-9)26(4)5)34(51-11)24-35(47)45-22-18-17-21-32(45)39(52-12)28(7)40(49)43-29(8)38(48)30-19-15-14-16-20-30/h14-16,19-20,25-29,31-32,34,36-39,42,48H,13,17-18,21-24H2,1-12H3,(H,43,49)/t27?,28-,29-,31+,32+,34-,36+,37+,38-,39-/m1/s1. The average molecular weight is 731 g/mol. The Hall–Kier alpha value is -2.86. The molecule has 3 amide bonds. The molecule has 0 spiro atoms. The highest BCUT2D eigenvalue weighted by molar-refractivity contribution is 5.90. The van der Waals surface area contributed by atoms with E-state index in [1.54, 1.807) is 47.1 Å². The first kappa shape index (κ1) is 45.3. The number of carbonyl (C=O) groups excluding carboxylic acids is 4. The molecule has 11 nitrogen and oxygen atoms in total. The lowest BCUT2D eigenvalue weighted by Crippen LogP contribution is -2.57. The van der Waals surface area contributed by atoms with E-state index < -0.39 is 42.2 Å². The summed E-state index contributed by atoms with van der Waals surface area (Å²) in [5.74, 6) is -1.54. The first-order valence-electron chi connectivity index (χ1n) is 19.4. The summed E-state index contributed by atoms with van der Waals surface area (Å²) in [6.07, 6.45) is 1.33. The van der Waals surface area contributed by atoms with Gasteiger partial charge in [0, 0.05) is 40.2 Å². The molecule has 0 aromatic heterocycles. The summed E-state index contributed by atoms with van der Waals surface area (Å²) in [4.78, 5) is 58.9. The molecule has 3 N–H and O–H groups in total. The Kier molecular flexibility index (Phi) is 18.9. The Morgan fingerprint density at radius 3 is 2.10 bits per heavy atom. The molecule has 1 aromatic rings. The first-order valence-corrected chi connectivity index (χ1v) is 19.4. The van der Waals surface area contributed by atoms with Crippen molar-refractivity contribution in [1.82, 2.24) is 20.4 Å². The summed E-state index contributed by atoms with van der Waals surface area (Å²) >= 11 is 0. The smallest absolute Gasteiger partial charge is 0.226 e.